The molecule has 1 rings (SSSR count). The van der Waals surface area contributed by atoms with Crippen molar-refractivity contribution in [1.29, 1.82) is 0 Å². The van der Waals surface area contributed by atoms with E-state index in [9.17, 15) is 22.4 Å². The van der Waals surface area contributed by atoms with Crippen molar-refractivity contribution in [3.05, 3.63) is 29.6 Å². The summed E-state index contributed by atoms with van der Waals surface area (Å²) in [7, 11) is 0. The summed E-state index contributed by atoms with van der Waals surface area (Å²) in [5, 5.41) is 8.74. The number of carbonyl (C=O) groups is 1. The number of anilines is 1. The molecule has 0 saturated carbocycles. The Labute approximate surface area is 101 Å². The van der Waals surface area contributed by atoms with E-state index in [0.29, 0.717) is 0 Å². The maximum atomic E-state index is 12.9. The molecule has 0 aliphatic rings. The molecule has 0 amide bonds. The first-order valence-electron chi connectivity index (χ1n) is 5.04. The molecule has 3 nitrogen and oxygen atoms in total. The maximum Gasteiger partial charge on any atom is 0.405 e. The molecule has 0 heterocycles. The highest BCUT2D eigenvalue weighted by atomic mass is 19.4. The molecular weight excluding hydrogens is 254 g/mol. The van der Waals surface area contributed by atoms with Crippen molar-refractivity contribution < 1.29 is 27.5 Å². The lowest BCUT2D eigenvalue weighted by Gasteiger charge is -2.26. The number of aliphatic hydroxyl groups is 1. The van der Waals surface area contributed by atoms with Crippen molar-refractivity contribution >= 4 is 12.0 Å². The molecule has 100 valence electrons. The second kappa shape index (κ2) is 5.81. The highest BCUT2D eigenvalue weighted by Crippen LogP contribution is 2.25. The molecule has 18 heavy (non-hydrogen) atoms. The first-order chi connectivity index (χ1) is 8.37. The third-order valence-corrected chi connectivity index (χ3v) is 2.20. The molecule has 0 atom stereocenters. The molecule has 7 heteroatoms. The van der Waals surface area contributed by atoms with E-state index in [2.05, 4.69) is 0 Å². The lowest BCUT2D eigenvalue weighted by Crippen LogP contribution is -2.36. The minimum absolute atomic E-state index is 0.0576. The number of nitrogens with zero attached hydrogens (tertiary/aromatic N) is 1. The van der Waals surface area contributed by atoms with E-state index < -0.39 is 25.1 Å². The Morgan fingerprint density at radius 1 is 1.33 bits per heavy atom. The van der Waals surface area contributed by atoms with Crippen LogP contribution in [0.25, 0.3) is 0 Å². The third kappa shape index (κ3) is 3.99. The van der Waals surface area contributed by atoms with Crippen molar-refractivity contribution in [2.45, 2.75) is 6.18 Å². The van der Waals surface area contributed by atoms with E-state index in [0.717, 1.165) is 23.1 Å². The zero-order valence-corrected chi connectivity index (χ0v) is 9.25. The number of hydrogen-bond donors (Lipinski definition) is 1. The molecule has 1 aromatic carbocycles. The minimum atomic E-state index is -4.48. The van der Waals surface area contributed by atoms with Crippen molar-refractivity contribution in [3.8, 4) is 0 Å². The molecule has 0 saturated heterocycles. The van der Waals surface area contributed by atoms with Gasteiger partial charge in [-0.15, -0.1) is 0 Å². The van der Waals surface area contributed by atoms with E-state index in [1.54, 1.807) is 0 Å². The number of benzene rings is 1. The topological polar surface area (TPSA) is 40.5 Å². The van der Waals surface area contributed by atoms with Crippen LogP contribution in [0.15, 0.2) is 18.2 Å². The summed E-state index contributed by atoms with van der Waals surface area (Å²) in [6.07, 6.45) is -4.21. The maximum absolute atomic E-state index is 12.9. The Kier molecular flexibility index (Phi) is 4.66. The number of aliphatic hydroxyl groups excluding tert-OH is 1. The van der Waals surface area contributed by atoms with Gasteiger partial charge in [0.15, 0.2) is 6.29 Å². The summed E-state index contributed by atoms with van der Waals surface area (Å²) in [5.74, 6) is -0.711. The fourth-order valence-electron chi connectivity index (χ4n) is 1.53. The van der Waals surface area contributed by atoms with Crippen LogP contribution in [0.3, 0.4) is 0 Å². The van der Waals surface area contributed by atoms with Gasteiger partial charge in [0.25, 0.3) is 0 Å². The quantitative estimate of drug-likeness (QED) is 0.654. The fraction of sp³-hybridized carbons (Fsp3) is 0.364. The minimum Gasteiger partial charge on any atom is -0.395 e. The van der Waals surface area contributed by atoms with Crippen molar-refractivity contribution in [3.63, 3.8) is 0 Å². The van der Waals surface area contributed by atoms with Gasteiger partial charge in [-0.1, -0.05) is 0 Å². The van der Waals surface area contributed by atoms with E-state index >= 15 is 0 Å². The van der Waals surface area contributed by atoms with E-state index in [1.807, 2.05) is 0 Å². The average molecular weight is 265 g/mol. The smallest absolute Gasteiger partial charge is 0.395 e. The number of halogens is 4. The van der Waals surface area contributed by atoms with Crippen LogP contribution < -0.4 is 4.90 Å². The highest BCUT2D eigenvalue weighted by Gasteiger charge is 2.31. The summed E-state index contributed by atoms with van der Waals surface area (Å²) < 4.78 is 49.9. The fourth-order valence-corrected chi connectivity index (χ4v) is 1.53. The first kappa shape index (κ1) is 14.4. The lowest BCUT2D eigenvalue weighted by atomic mass is 10.1. The van der Waals surface area contributed by atoms with Gasteiger partial charge in [0.1, 0.15) is 12.4 Å². The number of alkyl halides is 3. The van der Waals surface area contributed by atoms with Crippen LogP contribution in [0.4, 0.5) is 23.2 Å². The van der Waals surface area contributed by atoms with Gasteiger partial charge in [-0.3, -0.25) is 4.79 Å². The van der Waals surface area contributed by atoms with Crippen LogP contribution in [0.1, 0.15) is 10.4 Å². The summed E-state index contributed by atoms with van der Waals surface area (Å²) in [6, 6.07) is 2.90. The SMILES string of the molecule is O=Cc1cc(F)ccc1N(CCO)CC(F)(F)F. The van der Waals surface area contributed by atoms with Crippen LogP contribution in [-0.2, 0) is 0 Å². The first-order valence-corrected chi connectivity index (χ1v) is 5.04. The largest absolute Gasteiger partial charge is 0.405 e. The Morgan fingerprint density at radius 3 is 2.50 bits per heavy atom. The zero-order valence-electron chi connectivity index (χ0n) is 9.25. The van der Waals surface area contributed by atoms with Gasteiger partial charge in [0.05, 0.1) is 6.61 Å². The number of aldehydes is 1. The van der Waals surface area contributed by atoms with Crippen LogP contribution >= 0.6 is 0 Å². The number of rotatable bonds is 5. The van der Waals surface area contributed by atoms with Gasteiger partial charge < -0.3 is 10.0 Å². The summed E-state index contributed by atoms with van der Waals surface area (Å²) in [5.41, 5.74) is -0.245. The van der Waals surface area contributed by atoms with Gasteiger partial charge in [-0.05, 0) is 18.2 Å². The van der Waals surface area contributed by atoms with Gasteiger partial charge in [-0.2, -0.15) is 13.2 Å². The van der Waals surface area contributed by atoms with Gasteiger partial charge in [0.2, 0.25) is 0 Å². The highest BCUT2D eigenvalue weighted by molar-refractivity contribution is 5.84. The molecule has 0 aliphatic carbocycles. The summed E-state index contributed by atoms with van der Waals surface area (Å²) >= 11 is 0. The molecule has 0 fully saturated rings. The standard InChI is InChI=1S/C11H11F4NO2/c12-9-1-2-10(8(5-9)6-18)16(3-4-17)7-11(13,14)15/h1-2,5-6,17H,3-4,7H2. The molecule has 0 bridgehead atoms. The predicted molar refractivity (Wildman–Crippen MR) is 57.1 cm³/mol. The number of hydrogen-bond acceptors (Lipinski definition) is 3. The van der Waals surface area contributed by atoms with E-state index in [4.69, 9.17) is 5.11 Å². The van der Waals surface area contributed by atoms with Crippen LogP contribution in [0.5, 0.6) is 0 Å². The van der Waals surface area contributed by atoms with Crippen molar-refractivity contribution in [1.82, 2.24) is 0 Å². The van der Waals surface area contributed by atoms with E-state index in [-0.39, 0.29) is 24.1 Å². The molecule has 0 radical (unpaired) electrons. The van der Waals surface area contributed by atoms with Crippen LogP contribution in [0.2, 0.25) is 0 Å². The monoisotopic (exact) mass is 265 g/mol. The number of carbonyl (C=O) groups excluding carboxylic acids is 1. The van der Waals surface area contributed by atoms with Gasteiger partial charge >= 0.3 is 6.18 Å². The average Bonchev–Trinajstić information content (AvgIpc) is 2.26. The second-order valence-corrected chi connectivity index (χ2v) is 3.58. The Balaban J connectivity index is 3.08. The molecule has 0 aromatic heterocycles. The Morgan fingerprint density at radius 2 is 2.00 bits per heavy atom. The Bertz CT molecular complexity index is 420. The molecule has 0 unspecified atom stereocenters. The Hall–Kier alpha value is -1.63. The normalized spacial score (nSPS) is 11.4. The van der Waals surface area contributed by atoms with Gasteiger partial charge in [0, 0.05) is 17.8 Å². The molecule has 0 aliphatic heterocycles. The van der Waals surface area contributed by atoms with Crippen molar-refractivity contribution in [2.24, 2.45) is 0 Å². The van der Waals surface area contributed by atoms with Crippen molar-refractivity contribution in [2.75, 3.05) is 24.6 Å². The summed E-state index contributed by atoms with van der Waals surface area (Å²) in [4.78, 5) is 11.5. The zero-order chi connectivity index (χ0) is 13.8. The van der Waals surface area contributed by atoms with Crippen LogP contribution in [-0.4, -0.2) is 37.3 Å². The molecule has 0 spiro atoms. The van der Waals surface area contributed by atoms with Gasteiger partial charge in [-0.25, -0.2) is 4.39 Å². The molecule has 1 N–H and O–H groups in total. The third-order valence-electron chi connectivity index (χ3n) is 2.20. The second-order valence-electron chi connectivity index (χ2n) is 3.58. The van der Waals surface area contributed by atoms with E-state index in [1.165, 1.54) is 0 Å². The molecule has 1 aromatic rings. The molecular formula is C11H11F4NO2. The summed E-state index contributed by atoms with van der Waals surface area (Å²) in [6.45, 7) is -2.13. The van der Waals surface area contributed by atoms with Crippen LogP contribution in [0, 0.1) is 5.82 Å². The predicted octanol–water partition coefficient (Wildman–Crippen LogP) is 2.00. The lowest BCUT2D eigenvalue weighted by molar-refractivity contribution is -0.119.